The number of nitrogens with zero attached hydrogens (tertiary/aromatic N) is 3. The third kappa shape index (κ3) is 5.00. The van der Waals surface area contributed by atoms with Crippen molar-refractivity contribution in [3.63, 3.8) is 0 Å². The normalized spacial score (nSPS) is 10.6. The molecule has 8 heteroatoms. The maximum atomic E-state index is 13.1. The van der Waals surface area contributed by atoms with Crippen LogP contribution in [0.3, 0.4) is 0 Å². The lowest BCUT2D eigenvalue weighted by atomic mass is 9.95. The molecule has 180 valence electrons. The Balaban J connectivity index is 1.61. The van der Waals surface area contributed by atoms with Crippen LogP contribution in [0.2, 0.25) is 0 Å². The molecule has 1 aromatic heterocycles. The fourth-order valence-electron chi connectivity index (χ4n) is 4.04. The summed E-state index contributed by atoms with van der Waals surface area (Å²) in [6.45, 7) is 2.46. The SMILES string of the molecule is CCCCCn1nc(C(=O)NNC(=O)c2ccccc2-c2ccccc2C#N)c2ccccc2c1=O. The minimum absolute atomic E-state index is 0.0464. The molecule has 8 nitrogen and oxygen atoms in total. The van der Waals surface area contributed by atoms with Gasteiger partial charge in [0.05, 0.1) is 17.0 Å². The minimum atomic E-state index is -0.640. The summed E-state index contributed by atoms with van der Waals surface area (Å²) in [5, 5.41) is 14.6. The number of fused-ring (bicyclic) bond motifs is 1. The van der Waals surface area contributed by atoms with Crippen molar-refractivity contribution in [1.82, 2.24) is 20.6 Å². The molecule has 36 heavy (non-hydrogen) atoms. The second kappa shape index (κ2) is 11.1. The van der Waals surface area contributed by atoms with Crippen LogP contribution < -0.4 is 16.4 Å². The van der Waals surface area contributed by atoms with E-state index in [9.17, 15) is 19.6 Å². The zero-order valence-corrected chi connectivity index (χ0v) is 19.8. The molecule has 4 aromatic rings. The van der Waals surface area contributed by atoms with Gasteiger partial charge in [-0.05, 0) is 30.2 Å². The Morgan fingerprint density at radius 1 is 0.861 bits per heavy atom. The summed E-state index contributed by atoms with van der Waals surface area (Å²) in [6.07, 6.45) is 2.69. The van der Waals surface area contributed by atoms with E-state index in [0.29, 0.717) is 39.6 Å². The van der Waals surface area contributed by atoms with Gasteiger partial charge in [0.15, 0.2) is 5.69 Å². The van der Waals surface area contributed by atoms with Crippen LogP contribution in [0.15, 0.2) is 77.6 Å². The van der Waals surface area contributed by atoms with Crippen LogP contribution in [0.25, 0.3) is 21.9 Å². The number of benzene rings is 3. The molecule has 0 aliphatic rings. The van der Waals surface area contributed by atoms with E-state index in [1.807, 2.05) is 0 Å². The van der Waals surface area contributed by atoms with Crippen molar-refractivity contribution >= 4 is 22.6 Å². The van der Waals surface area contributed by atoms with Crippen molar-refractivity contribution < 1.29 is 9.59 Å². The fraction of sp³-hybridized carbons (Fsp3) is 0.179. The lowest BCUT2D eigenvalue weighted by Gasteiger charge is -2.13. The number of hydrogen-bond acceptors (Lipinski definition) is 5. The number of hydrogen-bond donors (Lipinski definition) is 2. The highest BCUT2D eigenvalue weighted by Crippen LogP contribution is 2.26. The Bertz CT molecular complexity index is 1530. The predicted octanol–water partition coefficient (Wildman–Crippen LogP) is 4.20. The molecule has 3 aromatic carbocycles. The quantitative estimate of drug-likeness (QED) is 0.304. The molecule has 0 aliphatic heterocycles. The fourth-order valence-corrected chi connectivity index (χ4v) is 4.04. The molecule has 0 unspecified atom stereocenters. The molecule has 0 aliphatic carbocycles. The Kier molecular flexibility index (Phi) is 7.51. The maximum Gasteiger partial charge on any atom is 0.290 e. The standard InChI is InChI=1S/C28H25N5O3/c1-2-3-10-17-33-28(36)24-16-9-7-14-22(24)25(32-33)27(35)31-30-26(34)23-15-8-6-13-21(23)20-12-5-4-11-19(20)18-29/h4-9,11-16H,2-3,10,17H2,1H3,(H,30,34)(H,31,35). The van der Waals surface area contributed by atoms with E-state index >= 15 is 0 Å². The van der Waals surface area contributed by atoms with Crippen molar-refractivity contribution in [3.8, 4) is 17.2 Å². The molecule has 0 spiro atoms. The molecule has 2 amide bonds. The van der Waals surface area contributed by atoms with Crippen molar-refractivity contribution in [1.29, 1.82) is 5.26 Å². The number of nitrogens with one attached hydrogen (secondary N) is 2. The van der Waals surface area contributed by atoms with Crippen LogP contribution in [0.5, 0.6) is 0 Å². The number of rotatable bonds is 7. The van der Waals surface area contributed by atoms with E-state index in [0.717, 1.165) is 19.3 Å². The molecule has 0 saturated heterocycles. The van der Waals surface area contributed by atoms with Crippen molar-refractivity contribution in [2.75, 3.05) is 0 Å². The largest absolute Gasteiger partial charge is 0.290 e. The lowest BCUT2D eigenvalue weighted by molar-refractivity contribution is 0.0844. The van der Waals surface area contributed by atoms with Crippen LogP contribution in [-0.4, -0.2) is 21.6 Å². The monoisotopic (exact) mass is 479 g/mol. The topological polar surface area (TPSA) is 117 Å². The van der Waals surface area contributed by atoms with Gasteiger partial charge in [-0.15, -0.1) is 0 Å². The summed E-state index contributed by atoms with van der Waals surface area (Å²) in [5.41, 5.74) is 6.57. The number of nitriles is 1. The second-order valence-electron chi connectivity index (χ2n) is 8.24. The van der Waals surface area contributed by atoms with Gasteiger partial charge in [0.2, 0.25) is 0 Å². The van der Waals surface area contributed by atoms with Gasteiger partial charge < -0.3 is 0 Å². The van der Waals surface area contributed by atoms with Gasteiger partial charge in [0.25, 0.3) is 17.4 Å². The molecule has 4 rings (SSSR count). The number of aryl methyl sites for hydroxylation is 1. The minimum Gasteiger partial charge on any atom is -0.267 e. The van der Waals surface area contributed by atoms with Crippen molar-refractivity contribution in [2.24, 2.45) is 0 Å². The number of carbonyl (C=O) groups is 2. The van der Waals surface area contributed by atoms with E-state index in [1.165, 1.54) is 4.68 Å². The highest BCUT2D eigenvalue weighted by Gasteiger charge is 2.19. The Morgan fingerprint density at radius 2 is 1.50 bits per heavy atom. The van der Waals surface area contributed by atoms with Gasteiger partial charge >= 0.3 is 0 Å². The van der Waals surface area contributed by atoms with E-state index in [1.54, 1.807) is 72.8 Å². The lowest BCUT2D eigenvalue weighted by Crippen LogP contribution is -2.43. The first-order chi connectivity index (χ1) is 17.5. The summed E-state index contributed by atoms with van der Waals surface area (Å²) < 4.78 is 1.31. The molecule has 2 N–H and O–H groups in total. The summed E-state index contributed by atoms with van der Waals surface area (Å²) in [4.78, 5) is 39.0. The molecule has 1 heterocycles. The smallest absolute Gasteiger partial charge is 0.267 e. The van der Waals surface area contributed by atoms with Crippen LogP contribution in [0.4, 0.5) is 0 Å². The molecule has 0 atom stereocenters. The molecule has 0 saturated carbocycles. The Hall–Kier alpha value is -4.77. The first-order valence-electron chi connectivity index (χ1n) is 11.7. The molecule has 0 radical (unpaired) electrons. The van der Waals surface area contributed by atoms with E-state index < -0.39 is 11.8 Å². The van der Waals surface area contributed by atoms with Gasteiger partial charge in [-0.25, -0.2) is 4.68 Å². The third-order valence-corrected chi connectivity index (χ3v) is 5.86. The number of carbonyl (C=O) groups excluding carboxylic acids is 2. The average molecular weight is 480 g/mol. The van der Waals surface area contributed by atoms with Crippen LogP contribution in [-0.2, 0) is 6.54 Å². The van der Waals surface area contributed by atoms with E-state index in [-0.39, 0.29) is 11.3 Å². The number of hydrazine groups is 1. The number of unbranched alkanes of at least 4 members (excludes halogenated alkanes) is 2. The van der Waals surface area contributed by atoms with E-state index in [2.05, 4.69) is 28.9 Å². The van der Waals surface area contributed by atoms with Gasteiger partial charge in [-0.3, -0.25) is 25.2 Å². The summed E-state index contributed by atoms with van der Waals surface area (Å²) in [5.74, 6) is -1.19. The molecule has 0 fully saturated rings. The van der Waals surface area contributed by atoms with Crippen LogP contribution in [0, 0.1) is 11.3 Å². The van der Waals surface area contributed by atoms with Gasteiger partial charge in [0, 0.05) is 23.1 Å². The highest BCUT2D eigenvalue weighted by molar-refractivity contribution is 6.07. The number of amides is 2. The first-order valence-corrected chi connectivity index (χ1v) is 11.7. The Morgan fingerprint density at radius 3 is 2.25 bits per heavy atom. The molecular weight excluding hydrogens is 454 g/mol. The second-order valence-corrected chi connectivity index (χ2v) is 8.24. The van der Waals surface area contributed by atoms with Crippen LogP contribution >= 0.6 is 0 Å². The zero-order valence-electron chi connectivity index (χ0n) is 19.8. The van der Waals surface area contributed by atoms with Crippen LogP contribution in [0.1, 0.15) is 52.6 Å². The van der Waals surface area contributed by atoms with Crippen molar-refractivity contribution in [2.45, 2.75) is 32.7 Å². The first kappa shape index (κ1) is 24.4. The van der Waals surface area contributed by atoms with E-state index in [4.69, 9.17) is 0 Å². The summed E-state index contributed by atoms with van der Waals surface area (Å²) >= 11 is 0. The highest BCUT2D eigenvalue weighted by atomic mass is 16.2. The average Bonchev–Trinajstić information content (AvgIpc) is 2.93. The summed E-state index contributed by atoms with van der Waals surface area (Å²) in [7, 11) is 0. The van der Waals surface area contributed by atoms with Crippen molar-refractivity contribution in [3.05, 3.63) is 100.0 Å². The summed E-state index contributed by atoms with van der Waals surface area (Å²) in [6, 6.07) is 22.7. The van der Waals surface area contributed by atoms with Gasteiger partial charge in [-0.1, -0.05) is 74.4 Å². The van der Waals surface area contributed by atoms with Gasteiger partial charge in [-0.2, -0.15) is 10.4 Å². The maximum absolute atomic E-state index is 13.1. The van der Waals surface area contributed by atoms with Gasteiger partial charge in [0.1, 0.15) is 0 Å². The Labute approximate surface area is 208 Å². The molecule has 0 bridgehead atoms. The zero-order chi connectivity index (χ0) is 25.5. The molecular formula is C28H25N5O3. The number of aromatic nitrogens is 2. The third-order valence-electron chi connectivity index (χ3n) is 5.86. The predicted molar refractivity (Wildman–Crippen MR) is 137 cm³/mol.